The van der Waals surface area contributed by atoms with Gasteiger partial charge in [-0.15, -0.1) is 0 Å². The topological polar surface area (TPSA) is 81.1 Å². The quantitative estimate of drug-likeness (QED) is 0.788. The SMILES string of the molecule is CC(C)(N)CNc1cccc(Br)c1C(N)=O. The van der Waals surface area contributed by atoms with Crippen molar-refractivity contribution in [1.82, 2.24) is 0 Å². The second-order valence-corrected chi connectivity index (χ2v) is 5.22. The average Bonchev–Trinajstić information content (AvgIpc) is 2.12. The van der Waals surface area contributed by atoms with Crippen molar-refractivity contribution in [2.24, 2.45) is 11.5 Å². The summed E-state index contributed by atoms with van der Waals surface area (Å²) in [5.41, 5.74) is 12.0. The number of nitrogens with two attached hydrogens (primary N) is 2. The molecule has 0 aromatic heterocycles. The number of amides is 1. The van der Waals surface area contributed by atoms with Gasteiger partial charge in [0.2, 0.25) is 0 Å². The molecule has 88 valence electrons. The van der Waals surface area contributed by atoms with Crippen LogP contribution in [0.1, 0.15) is 24.2 Å². The van der Waals surface area contributed by atoms with Crippen LogP contribution in [0.5, 0.6) is 0 Å². The van der Waals surface area contributed by atoms with Crippen LogP contribution in [-0.4, -0.2) is 18.0 Å². The van der Waals surface area contributed by atoms with Crippen molar-refractivity contribution in [2.75, 3.05) is 11.9 Å². The first kappa shape index (κ1) is 13.0. The number of carbonyl (C=O) groups excluding carboxylic acids is 1. The van der Waals surface area contributed by atoms with E-state index in [1.54, 1.807) is 12.1 Å². The molecule has 16 heavy (non-hydrogen) atoms. The summed E-state index contributed by atoms with van der Waals surface area (Å²) in [5, 5.41) is 3.12. The minimum atomic E-state index is -0.468. The van der Waals surface area contributed by atoms with Gasteiger partial charge < -0.3 is 16.8 Å². The summed E-state index contributed by atoms with van der Waals surface area (Å²) >= 11 is 3.30. The van der Waals surface area contributed by atoms with Gasteiger partial charge in [-0.3, -0.25) is 4.79 Å². The van der Waals surface area contributed by atoms with Crippen molar-refractivity contribution >= 4 is 27.5 Å². The number of carbonyl (C=O) groups is 1. The van der Waals surface area contributed by atoms with Crippen molar-refractivity contribution in [3.63, 3.8) is 0 Å². The first-order chi connectivity index (χ1) is 7.31. The molecule has 5 heteroatoms. The highest BCUT2D eigenvalue weighted by molar-refractivity contribution is 9.10. The Labute approximate surface area is 104 Å². The first-order valence-corrected chi connectivity index (χ1v) is 5.71. The summed E-state index contributed by atoms with van der Waals surface area (Å²) in [5.74, 6) is -0.468. The maximum Gasteiger partial charge on any atom is 0.251 e. The molecule has 1 aromatic rings. The van der Waals surface area contributed by atoms with Gasteiger partial charge in [0.25, 0.3) is 5.91 Å². The fourth-order valence-electron chi connectivity index (χ4n) is 1.24. The Morgan fingerprint density at radius 2 is 2.12 bits per heavy atom. The van der Waals surface area contributed by atoms with Crippen molar-refractivity contribution < 1.29 is 4.79 Å². The second kappa shape index (κ2) is 4.84. The fourth-order valence-corrected chi connectivity index (χ4v) is 1.81. The normalized spacial score (nSPS) is 11.2. The lowest BCUT2D eigenvalue weighted by Crippen LogP contribution is -2.40. The van der Waals surface area contributed by atoms with Gasteiger partial charge in [0.15, 0.2) is 0 Å². The van der Waals surface area contributed by atoms with Gasteiger partial charge in [0, 0.05) is 22.2 Å². The number of rotatable bonds is 4. The third-order valence-corrected chi connectivity index (χ3v) is 2.66. The van der Waals surface area contributed by atoms with E-state index in [1.165, 1.54) is 0 Å². The molecular weight excluding hydrogens is 270 g/mol. The Bertz CT molecular complexity index is 399. The van der Waals surface area contributed by atoms with E-state index in [1.807, 2.05) is 19.9 Å². The molecule has 0 saturated heterocycles. The molecule has 0 aliphatic rings. The maximum absolute atomic E-state index is 11.3. The molecular formula is C11H16BrN3O. The highest BCUT2D eigenvalue weighted by atomic mass is 79.9. The van der Waals surface area contributed by atoms with Gasteiger partial charge in [-0.2, -0.15) is 0 Å². The third-order valence-electron chi connectivity index (χ3n) is 1.99. The summed E-state index contributed by atoms with van der Waals surface area (Å²) in [4.78, 5) is 11.3. The predicted molar refractivity (Wildman–Crippen MR) is 69.4 cm³/mol. The molecule has 0 heterocycles. The molecule has 4 nitrogen and oxygen atoms in total. The zero-order valence-corrected chi connectivity index (χ0v) is 11.0. The van der Waals surface area contributed by atoms with Crippen molar-refractivity contribution in [3.05, 3.63) is 28.2 Å². The number of primary amides is 1. The van der Waals surface area contributed by atoms with Crippen LogP contribution in [0, 0.1) is 0 Å². The van der Waals surface area contributed by atoms with E-state index in [0.29, 0.717) is 22.3 Å². The number of anilines is 1. The molecule has 0 bridgehead atoms. The Morgan fingerprint density at radius 3 is 2.62 bits per heavy atom. The van der Waals surface area contributed by atoms with Gasteiger partial charge >= 0.3 is 0 Å². The van der Waals surface area contributed by atoms with E-state index >= 15 is 0 Å². The van der Waals surface area contributed by atoms with Crippen LogP contribution >= 0.6 is 15.9 Å². The minimum Gasteiger partial charge on any atom is -0.383 e. The van der Waals surface area contributed by atoms with Crippen molar-refractivity contribution in [2.45, 2.75) is 19.4 Å². The Balaban J connectivity index is 2.96. The molecule has 1 rings (SSSR count). The monoisotopic (exact) mass is 285 g/mol. The minimum absolute atomic E-state index is 0.350. The van der Waals surface area contributed by atoms with Crippen LogP contribution in [0.4, 0.5) is 5.69 Å². The highest BCUT2D eigenvalue weighted by Gasteiger charge is 2.15. The van der Waals surface area contributed by atoms with E-state index in [0.717, 1.165) is 0 Å². The zero-order valence-electron chi connectivity index (χ0n) is 9.38. The number of halogens is 1. The van der Waals surface area contributed by atoms with Gasteiger partial charge in [-0.1, -0.05) is 6.07 Å². The summed E-state index contributed by atoms with van der Waals surface area (Å²) in [7, 11) is 0. The lowest BCUT2D eigenvalue weighted by molar-refractivity contribution is 0.100. The summed E-state index contributed by atoms with van der Waals surface area (Å²) in [6, 6.07) is 5.41. The fraction of sp³-hybridized carbons (Fsp3) is 0.364. The van der Waals surface area contributed by atoms with E-state index in [9.17, 15) is 4.79 Å². The molecule has 0 radical (unpaired) electrons. The number of benzene rings is 1. The van der Waals surface area contributed by atoms with Gasteiger partial charge in [-0.25, -0.2) is 0 Å². The van der Waals surface area contributed by atoms with E-state index in [-0.39, 0.29) is 5.54 Å². The van der Waals surface area contributed by atoms with E-state index < -0.39 is 5.91 Å². The number of nitrogens with one attached hydrogen (secondary N) is 1. The van der Waals surface area contributed by atoms with Crippen LogP contribution in [0.25, 0.3) is 0 Å². The molecule has 0 atom stereocenters. The highest BCUT2D eigenvalue weighted by Crippen LogP contribution is 2.24. The number of hydrogen-bond donors (Lipinski definition) is 3. The first-order valence-electron chi connectivity index (χ1n) is 4.92. The molecule has 5 N–H and O–H groups in total. The molecule has 0 unspecified atom stereocenters. The predicted octanol–water partition coefficient (Wildman–Crippen LogP) is 1.70. The summed E-state index contributed by atoms with van der Waals surface area (Å²) < 4.78 is 0.680. The lowest BCUT2D eigenvalue weighted by atomic mass is 10.1. The van der Waals surface area contributed by atoms with E-state index in [2.05, 4.69) is 21.2 Å². The van der Waals surface area contributed by atoms with E-state index in [4.69, 9.17) is 11.5 Å². The van der Waals surface area contributed by atoms with Crippen LogP contribution in [0.3, 0.4) is 0 Å². The average molecular weight is 286 g/mol. The van der Waals surface area contributed by atoms with Crippen molar-refractivity contribution in [1.29, 1.82) is 0 Å². The van der Waals surface area contributed by atoms with Crippen LogP contribution in [0.15, 0.2) is 22.7 Å². The molecule has 1 aromatic carbocycles. The second-order valence-electron chi connectivity index (χ2n) is 4.37. The van der Waals surface area contributed by atoms with Gasteiger partial charge in [0.1, 0.15) is 0 Å². The molecule has 1 amide bonds. The Morgan fingerprint density at radius 1 is 1.50 bits per heavy atom. The zero-order chi connectivity index (χ0) is 12.3. The van der Waals surface area contributed by atoms with Gasteiger partial charge in [0.05, 0.1) is 5.56 Å². The number of hydrogen-bond acceptors (Lipinski definition) is 3. The largest absolute Gasteiger partial charge is 0.383 e. The standard InChI is InChI=1S/C11H16BrN3O/c1-11(2,14)6-15-8-5-3-4-7(12)9(8)10(13)16/h3-5,15H,6,14H2,1-2H3,(H2,13,16). The summed E-state index contributed by atoms with van der Waals surface area (Å²) in [6.45, 7) is 4.37. The summed E-state index contributed by atoms with van der Waals surface area (Å²) in [6.07, 6.45) is 0. The van der Waals surface area contributed by atoms with Crippen LogP contribution in [0.2, 0.25) is 0 Å². The Kier molecular flexibility index (Phi) is 3.93. The lowest BCUT2D eigenvalue weighted by Gasteiger charge is -2.21. The maximum atomic E-state index is 11.3. The smallest absolute Gasteiger partial charge is 0.251 e. The molecule has 0 saturated carbocycles. The molecule has 0 aliphatic carbocycles. The Hall–Kier alpha value is -1.07. The molecule has 0 spiro atoms. The van der Waals surface area contributed by atoms with Gasteiger partial charge in [-0.05, 0) is 41.9 Å². The third kappa shape index (κ3) is 3.50. The van der Waals surface area contributed by atoms with Crippen LogP contribution in [-0.2, 0) is 0 Å². The molecule has 0 aliphatic heterocycles. The molecule has 0 fully saturated rings. The van der Waals surface area contributed by atoms with Crippen molar-refractivity contribution in [3.8, 4) is 0 Å². The van der Waals surface area contributed by atoms with Crippen LogP contribution < -0.4 is 16.8 Å².